The van der Waals surface area contributed by atoms with Gasteiger partial charge < -0.3 is 10.5 Å². The van der Waals surface area contributed by atoms with E-state index in [2.05, 4.69) is 4.74 Å². The van der Waals surface area contributed by atoms with Gasteiger partial charge in [0.1, 0.15) is 0 Å². The molecule has 0 aromatic rings. The third-order valence-corrected chi connectivity index (χ3v) is 0.746. The zero-order valence-corrected chi connectivity index (χ0v) is 6.09. The molecular formula is C6H11NO3. The molecule has 0 unspecified atom stereocenters. The number of hydrogen-bond donors (Lipinski definition) is 1. The lowest BCUT2D eigenvalue weighted by atomic mass is 10.3. The van der Waals surface area contributed by atoms with E-state index >= 15 is 0 Å². The number of hydrogen-bond acceptors (Lipinski definition) is 4. The molecule has 0 fully saturated rings. The van der Waals surface area contributed by atoms with Crippen LogP contribution in [-0.4, -0.2) is 18.0 Å². The van der Waals surface area contributed by atoms with Crippen LogP contribution in [0.3, 0.4) is 0 Å². The average Bonchev–Trinajstić information content (AvgIpc) is 1.58. The summed E-state index contributed by atoms with van der Waals surface area (Å²) in [6.07, 6.45) is 0.0829. The van der Waals surface area contributed by atoms with E-state index < -0.39 is 11.9 Å². The molecule has 4 heteroatoms. The summed E-state index contributed by atoms with van der Waals surface area (Å²) in [5, 5.41) is 0. The molecule has 10 heavy (non-hydrogen) atoms. The maximum atomic E-state index is 10.5. The van der Waals surface area contributed by atoms with E-state index in [9.17, 15) is 9.59 Å². The lowest BCUT2D eigenvalue weighted by Crippen LogP contribution is -2.22. The van der Waals surface area contributed by atoms with Crippen LogP contribution in [-0.2, 0) is 14.3 Å². The van der Waals surface area contributed by atoms with E-state index in [4.69, 9.17) is 5.73 Å². The molecule has 0 bridgehead atoms. The van der Waals surface area contributed by atoms with Crippen LogP contribution in [0.15, 0.2) is 0 Å². The van der Waals surface area contributed by atoms with Gasteiger partial charge in [-0.1, -0.05) is 0 Å². The molecule has 0 saturated heterocycles. The molecule has 0 radical (unpaired) electrons. The van der Waals surface area contributed by atoms with Crippen LogP contribution in [0.2, 0.25) is 0 Å². The van der Waals surface area contributed by atoms with E-state index in [-0.39, 0.29) is 12.5 Å². The Morgan fingerprint density at radius 1 is 1.60 bits per heavy atom. The highest BCUT2D eigenvalue weighted by Crippen LogP contribution is 1.90. The summed E-state index contributed by atoms with van der Waals surface area (Å²) in [5.41, 5.74) is 5.26. The van der Waals surface area contributed by atoms with Crippen molar-refractivity contribution < 1.29 is 14.3 Å². The minimum atomic E-state index is -0.592. The van der Waals surface area contributed by atoms with Gasteiger partial charge in [-0.3, -0.25) is 9.59 Å². The van der Waals surface area contributed by atoms with E-state index in [1.807, 2.05) is 0 Å². The first-order valence-corrected chi connectivity index (χ1v) is 2.99. The number of nitrogens with two attached hydrogens (primary N) is 1. The zero-order chi connectivity index (χ0) is 8.15. The number of carbonyl (C=O) groups excluding carboxylic acids is 2. The minimum absolute atomic E-state index is 0.0829. The van der Waals surface area contributed by atoms with Gasteiger partial charge in [-0.15, -0.1) is 0 Å². The highest BCUT2D eigenvalue weighted by atomic mass is 16.6. The van der Waals surface area contributed by atoms with E-state index in [0.29, 0.717) is 0 Å². The third-order valence-electron chi connectivity index (χ3n) is 0.746. The van der Waals surface area contributed by atoms with Crippen molar-refractivity contribution in [2.45, 2.75) is 26.3 Å². The second-order valence-corrected chi connectivity index (χ2v) is 2.15. The molecule has 0 aliphatic carbocycles. The molecule has 0 aliphatic rings. The average molecular weight is 145 g/mol. The first-order chi connectivity index (χ1) is 4.52. The summed E-state index contributed by atoms with van der Waals surface area (Å²) in [5.74, 6) is -1.16. The third kappa shape index (κ3) is 5.24. The van der Waals surface area contributed by atoms with Crippen molar-refractivity contribution in [3.8, 4) is 0 Å². The standard InChI is InChI=1S/C6H11NO3/c1-4(7)3-6(9)10-5(2)8/h4H,3,7H2,1-2H3/t4-/m1/s1. The van der Waals surface area contributed by atoms with Crippen LogP contribution in [0.5, 0.6) is 0 Å². The quantitative estimate of drug-likeness (QED) is 0.432. The molecule has 0 amide bonds. The molecule has 0 aliphatic heterocycles. The van der Waals surface area contributed by atoms with E-state index in [1.165, 1.54) is 6.92 Å². The first kappa shape index (κ1) is 9.10. The van der Waals surface area contributed by atoms with Gasteiger partial charge in [-0.25, -0.2) is 0 Å². The maximum absolute atomic E-state index is 10.5. The fourth-order valence-electron chi connectivity index (χ4n) is 0.465. The fraction of sp³-hybridized carbons (Fsp3) is 0.667. The predicted molar refractivity (Wildman–Crippen MR) is 35.0 cm³/mol. The Labute approximate surface area is 59.3 Å². The Morgan fingerprint density at radius 2 is 2.10 bits per heavy atom. The van der Waals surface area contributed by atoms with Crippen molar-refractivity contribution in [3.63, 3.8) is 0 Å². The van der Waals surface area contributed by atoms with Gasteiger partial charge in [-0.05, 0) is 6.92 Å². The summed E-state index contributed by atoms with van der Waals surface area (Å²) < 4.78 is 4.20. The summed E-state index contributed by atoms with van der Waals surface area (Å²) in [6, 6.07) is -0.258. The maximum Gasteiger partial charge on any atom is 0.314 e. The Hall–Kier alpha value is -0.900. The van der Waals surface area contributed by atoms with Crippen LogP contribution in [0.4, 0.5) is 0 Å². The minimum Gasteiger partial charge on any atom is -0.393 e. The Morgan fingerprint density at radius 3 is 2.40 bits per heavy atom. The number of ether oxygens (including phenoxy) is 1. The number of carbonyl (C=O) groups is 2. The van der Waals surface area contributed by atoms with Gasteiger partial charge in [0.2, 0.25) is 0 Å². The first-order valence-electron chi connectivity index (χ1n) is 2.99. The molecule has 0 rings (SSSR count). The molecule has 0 saturated carbocycles. The van der Waals surface area contributed by atoms with Gasteiger partial charge in [0.25, 0.3) is 0 Å². The van der Waals surface area contributed by atoms with Crippen LogP contribution in [0.25, 0.3) is 0 Å². The number of esters is 2. The molecule has 0 spiro atoms. The van der Waals surface area contributed by atoms with Gasteiger partial charge in [0, 0.05) is 13.0 Å². The highest BCUT2D eigenvalue weighted by Gasteiger charge is 2.07. The van der Waals surface area contributed by atoms with Crippen molar-refractivity contribution in [1.82, 2.24) is 0 Å². The summed E-state index contributed by atoms with van der Waals surface area (Å²) in [4.78, 5) is 20.7. The molecule has 4 nitrogen and oxygen atoms in total. The van der Waals surface area contributed by atoms with Crippen molar-refractivity contribution in [1.29, 1.82) is 0 Å². The van der Waals surface area contributed by atoms with Crippen LogP contribution >= 0.6 is 0 Å². The van der Waals surface area contributed by atoms with E-state index in [1.54, 1.807) is 6.92 Å². The van der Waals surface area contributed by atoms with Gasteiger partial charge >= 0.3 is 11.9 Å². The van der Waals surface area contributed by atoms with Gasteiger partial charge in [-0.2, -0.15) is 0 Å². The molecular weight excluding hydrogens is 134 g/mol. The van der Waals surface area contributed by atoms with Gasteiger partial charge in [0.15, 0.2) is 0 Å². The monoisotopic (exact) mass is 145 g/mol. The van der Waals surface area contributed by atoms with Crippen molar-refractivity contribution in [2.24, 2.45) is 5.73 Å². The van der Waals surface area contributed by atoms with Crippen molar-refractivity contribution in [2.75, 3.05) is 0 Å². The Kier molecular flexibility index (Phi) is 3.64. The smallest absolute Gasteiger partial charge is 0.314 e. The normalized spacial score (nSPS) is 12.3. The van der Waals surface area contributed by atoms with E-state index in [0.717, 1.165) is 0 Å². The molecule has 0 aromatic heterocycles. The van der Waals surface area contributed by atoms with Crippen molar-refractivity contribution >= 4 is 11.9 Å². The predicted octanol–water partition coefficient (Wildman–Crippen LogP) is -0.187. The Balaban J connectivity index is 3.54. The van der Waals surface area contributed by atoms with Crippen LogP contribution < -0.4 is 5.73 Å². The summed E-state index contributed by atoms with van der Waals surface area (Å²) >= 11 is 0. The molecule has 0 aromatic carbocycles. The highest BCUT2D eigenvalue weighted by molar-refractivity contribution is 5.84. The van der Waals surface area contributed by atoms with Crippen LogP contribution in [0.1, 0.15) is 20.3 Å². The Bertz CT molecular complexity index is 142. The lowest BCUT2D eigenvalue weighted by Gasteiger charge is -2.01. The summed E-state index contributed by atoms with van der Waals surface area (Å²) in [6.45, 7) is 2.85. The number of rotatable bonds is 2. The zero-order valence-electron chi connectivity index (χ0n) is 6.09. The SMILES string of the molecule is CC(=O)OC(=O)C[C@@H](C)N. The molecule has 58 valence electrons. The largest absolute Gasteiger partial charge is 0.393 e. The molecule has 1 atom stereocenters. The molecule has 2 N–H and O–H groups in total. The second-order valence-electron chi connectivity index (χ2n) is 2.15. The van der Waals surface area contributed by atoms with Gasteiger partial charge in [0.05, 0.1) is 6.42 Å². The lowest BCUT2D eigenvalue weighted by molar-refractivity contribution is -0.158. The second kappa shape index (κ2) is 4.00. The molecule has 0 heterocycles. The summed E-state index contributed by atoms with van der Waals surface area (Å²) in [7, 11) is 0. The fourth-order valence-corrected chi connectivity index (χ4v) is 0.465. The topological polar surface area (TPSA) is 69.4 Å². The van der Waals surface area contributed by atoms with Crippen molar-refractivity contribution in [3.05, 3.63) is 0 Å². The van der Waals surface area contributed by atoms with Crippen LogP contribution in [0, 0.1) is 0 Å².